The van der Waals surface area contributed by atoms with Crippen LogP contribution in [0, 0.1) is 0 Å². The first-order chi connectivity index (χ1) is 13.5. The molecule has 0 unspecified atom stereocenters. The third kappa shape index (κ3) is 3.76. The number of benzene rings is 2. The summed E-state index contributed by atoms with van der Waals surface area (Å²) in [6.45, 7) is 0. The summed E-state index contributed by atoms with van der Waals surface area (Å²) in [6, 6.07) is 10.4. The number of rotatable bonds is 5. The van der Waals surface area contributed by atoms with Gasteiger partial charge >= 0.3 is 0 Å². The van der Waals surface area contributed by atoms with E-state index in [-0.39, 0.29) is 11.7 Å². The molecule has 4 rings (SSSR count). The number of aromatic nitrogens is 5. The van der Waals surface area contributed by atoms with Gasteiger partial charge in [0.05, 0.1) is 28.2 Å². The summed E-state index contributed by atoms with van der Waals surface area (Å²) in [7, 11) is 0. The van der Waals surface area contributed by atoms with E-state index in [1.807, 2.05) is 12.1 Å². The first-order valence-electron chi connectivity index (χ1n) is 7.83. The standard InChI is InChI=1S/C16H11Cl2N7OS2/c17-8-4-5-9(10(18)6-8)15-21-22-16(25(15)19)27-7-13(26)20-11-2-1-3-12-14(11)24-28-23-12/h1-6H,7,19H2,(H,20,26). The van der Waals surface area contributed by atoms with Crippen molar-refractivity contribution >= 4 is 69.3 Å². The molecule has 2 heterocycles. The number of anilines is 1. The SMILES string of the molecule is Nn1c(SCC(=O)Nc2cccc3nsnc23)nnc1-c1ccc(Cl)cc1Cl. The first kappa shape index (κ1) is 18.9. The number of thioether (sulfide) groups is 1. The summed E-state index contributed by atoms with van der Waals surface area (Å²) in [4.78, 5) is 12.3. The normalized spacial score (nSPS) is 11.1. The van der Waals surface area contributed by atoms with Crippen molar-refractivity contribution in [2.75, 3.05) is 16.9 Å². The Hall–Kier alpha value is -2.40. The highest BCUT2D eigenvalue weighted by atomic mass is 35.5. The van der Waals surface area contributed by atoms with Crippen LogP contribution in [-0.2, 0) is 4.79 Å². The van der Waals surface area contributed by atoms with Crippen LogP contribution < -0.4 is 11.2 Å². The number of nitrogens with two attached hydrogens (primary N) is 1. The minimum Gasteiger partial charge on any atom is -0.335 e. The fraction of sp³-hybridized carbons (Fsp3) is 0.0625. The van der Waals surface area contributed by atoms with Crippen molar-refractivity contribution < 1.29 is 4.79 Å². The molecular formula is C16H11Cl2N7OS2. The molecule has 0 aliphatic carbocycles. The molecule has 2 aromatic heterocycles. The van der Waals surface area contributed by atoms with Gasteiger partial charge in [-0.3, -0.25) is 4.79 Å². The van der Waals surface area contributed by atoms with E-state index in [1.54, 1.807) is 24.3 Å². The van der Waals surface area contributed by atoms with Crippen LogP contribution in [0.5, 0.6) is 0 Å². The smallest absolute Gasteiger partial charge is 0.234 e. The second-order valence-corrected chi connectivity index (χ2v) is 7.89. The lowest BCUT2D eigenvalue weighted by Crippen LogP contribution is -2.16. The van der Waals surface area contributed by atoms with Gasteiger partial charge in [-0.25, -0.2) is 4.68 Å². The number of halogens is 2. The minimum atomic E-state index is -0.223. The van der Waals surface area contributed by atoms with Gasteiger partial charge in [0, 0.05) is 10.6 Å². The molecule has 3 N–H and O–H groups in total. The Balaban J connectivity index is 1.46. The maximum absolute atomic E-state index is 12.3. The topological polar surface area (TPSA) is 112 Å². The number of nitrogens with zero attached hydrogens (tertiary/aromatic N) is 5. The average Bonchev–Trinajstić information content (AvgIpc) is 3.28. The molecule has 12 heteroatoms. The first-order valence-corrected chi connectivity index (χ1v) is 10.3. The van der Waals surface area contributed by atoms with Crippen molar-refractivity contribution in [2.24, 2.45) is 0 Å². The fourth-order valence-electron chi connectivity index (χ4n) is 2.45. The number of amides is 1. The largest absolute Gasteiger partial charge is 0.335 e. The van der Waals surface area contributed by atoms with Crippen molar-refractivity contribution in [1.29, 1.82) is 0 Å². The van der Waals surface area contributed by atoms with Crippen LogP contribution in [0.3, 0.4) is 0 Å². The molecule has 4 aromatic rings. The summed E-state index contributed by atoms with van der Waals surface area (Å²) < 4.78 is 9.64. The molecule has 2 aromatic carbocycles. The van der Waals surface area contributed by atoms with Gasteiger partial charge in [0.15, 0.2) is 5.82 Å². The Bertz CT molecular complexity index is 1180. The number of nitrogens with one attached hydrogen (secondary N) is 1. The number of hydrogen-bond donors (Lipinski definition) is 2. The summed E-state index contributed by atoms with van der Waals surface area (Å²) >= 11 is 14.4. The van der Waals surface area contributed by atoms with Crippen LogP contribution in [0.25, 0.3) is 22.4 Å². The van der Waals surface area contributed by atoms with Crippen LogP contribution >= 0.6 is 46.7 Å². The van der Waals surface area contributed by atoms with Gasteiger partial charge in [-0.2, -0.15) is 8.75 Å². The van der Waals surface area contributed by atoms with Gasteiger partial charge in [-0.1, -0.05) is 41.0 Å². The van der Waals surface area contributed by atoms with E-state index in [9.17, 15) is 4.79 Å². The van der Waals surface area contributed by atoms with E-state index in [2.05, 4.69) is 24.3 Å². The summed E-state index contributed by atoms with van der Waals surface area (Å²) in [5, 5.41) is 12.2. The van der Waals surface area contributed by atoms with Crippen LogP contribution in [-0.4, -0.2) is 35.3 Å². The van der Waals surface area contributed by atoms with Crippen molar-refractivity contribution in [2.45, 2.75) is 5.16 Å². The summed E-state index contributed by atoms with van der Waals surface area (Å²) in [5.41, 5.74) is 2.61. The number of hydrogen-bond acceptors (Lipinski definition) is 8. The highest BCUT2D eigenvalue weighted by molar-refractivity contribution is 7.99. The third-order valence-electron chi connectivity index (χ3n) is 3.73. The van der Waals surface area contributed by atoms with E-state index in [1.165, 1.54) is 4.68 Å². The maximum Gasteiger partial charge on any atom is 0.234 e. The second-order valence-electron chi connectivity index (χ2n) is 5.57. The zero-order valence-electron chi connectivity index (χ0n) is 14.0. The van der Waals surface area contributed by atoms with E-state index in [0.717, 1.165) is 29.0 Å². The Morgan fingerprint density at radius 1 is 1.21 bits per heavy atom. The van der Waals surface area contributed by atoms with Gasteiger partial charge in [-0.15, -0.1) is 10.2 Å². The second kappa shape index (κ2) is 7.92. The molecule has 1 amide bonds. The highest BCUT2D eigenvalue weighted by Gasteiger charge is 2.17. The molecule has 0 atom stereocenters. The molecule has 0 bridgehead atoms. The number of nitrogen functional groups attached to an aromatic ring is 1. The van der Waals surface area contributed by atoms with Crippen molar-refractivity contribution in [3.8, 4) is 11.4 Å². The van der Waals surface area contributed by atoms with E-state index >= 15 is 0 Å². The molecule has 0 spiro atoms. The monoisotopic (exact) mass is 451 g/mol. The third-order valence-corrected chi connectivity index (χ3v) is 5.76. The number of carbonyl (C=O) groups is 1. The Kier molecular flexibility index (Phi) is 5.36. The fourth-order valence-corrected chi connectivity index (χ4v) is 4.15. The quantitative estimate of drug-likeness (QED) is 0.351. The number of carbonyl (C=O) groups excluding carboxylic acids is 1. The lowest BCUT2D eigenvalue weighted by Gasteiger charge is -2.06. The molecule has 28 heavy (non-hydrogen) atoms. The molecule has 8 nitrogen and oxygen atoms in total. The molecule has 0 aliphatic heterocycles. The highest BCUT2D eigenvalue weighted by Crippen LogP contribution is 2.30. The van der Waals surface area contributed by atoms with Gasteiger partial charge in [0.1, 0.15) is 11.0 Å². The van der Waals surface area contributed by atoms with Crippen molar-refractivity contribution in [3.05, 3.63) is 46.4 Å². The molecule has 142 valence electrons. The van der Waals surface area contributed by atoms with Gasteiger partial charge < -0.3 is 11.2 Å². The summed E-state index contributed by atoms with van der Waals surface area (Å²) in [5.74, 6) is 6.32. The molecule has 0 radical (unpaired) electrons. The minimum absolute atomic E-state index is 0.0949. The van der Waals surface area contributed by atoms with E-state index in [4.69, 9.17) is 29.0 Å². The van der Waals surface area contributed by atoms with Gasteiger partial charge in [-0.05, 0) is 30.3 Å². The Labute approximate surface area is 177 Å². The lowest BCUT2D eigenvalue weighted by molar-refractivity contribution is -0.113. The molecule has 0 fully saturated rings. The van der Waals surface area contributed by atoms with Crippen LogP contribution in [0.2, 0.25) is 10.0 Å². The Morgan fingerprint density at radius 2 is 2.07 bits per heavy atom. The van der Waals surface area contributed by atoms with E-state index in [0.29, 0.717) is 37.8 Å². The lowest BCUT2D eigenvalue weighted by atomic mass is 10.2. The molecule has 0 saturated carbocycles. The zero-order chi connectivity index (χ0) is 19.7. The van der Waals surface area contributed by atoms with E-state index < -0.39 is 0 Å². The molecule has 0 aliphatic rings. The van der Waals surface area contributed by atoms with Crippen LogP contribution in [0.15, 0.2) is 41.6 Å². The average molecular weight is 452 g/mol. The predicted octanol–water partition coefficient (Wildman–Crippen LogP) is 3.70. The maximum atomic E-state index is 12.3. The van der Waals surface area contributed by atoms with Crippen molar-refractivity contribution in [1.82, 2.24) is 23.6 Å². The van der Waals surface area contributed by atoms with Crippen LogP contribution in [0.1, 0.15) is 0 Å². The van der Waals surface area contributed by atoms with Gasteiger partial charge in [0.2, 0.25) is 11.1 Å². The predicted molar refractivity (Wildman–Crippen MR) is 112 cm³/mol. The zero-order valence-corrected chi connectivity index (χ0v) is 17.1. The van der Waals surface area contributed by atoms with Gasteiger partial charge in [0.25, 0.3) is 0 Å². The molecular weight excluding hydrogens is 441 g/mol. The van der Waals surface area contributed by atoms with Crippen LogP contribution in [0.4, 0.5) is 5.69 Å². The molecule has 0 saturated heterocycles. The number of fused-ring (bicyclic) bond motifs is 1. The Morgan fingerprint density at radius 3 is 2.89 bits per heavy atom. The van der Waals surface area contributed by atoms with Crippen molar-refractivity contribution in [3.63, 3.8) is 0 Å². The summed E-state index contributed by atoms with van der Waals surface area (Å²) in [6.07, 6.45) is 0.